The number of methoxy groups -OCH3 is 1. The Morgan fingerprint density at radius 1 is 1.20 bits per heavy atom. The Balaban J connectivity index is 1.70. The summed E-state index contributed by atoms with van der Waals surface area (Å²) < 4.78 is 11.2. The molecule has 0 aromatic heterocycles. The maximum atomic E-state index is 11.1. The smallest absolute Gasteiger partial charge is 0.236 e. The number of thioether (sulfide) groups is 1. The van der Waals surface area contributed by atoms with Crippen molar-refractivity contribution in [3.05, 3.63) is 59.7 Å². The zero-order valence-electron chi connectivity index (χ0n) is 13.6. The Hall–Kier alpha value is -2.80. The molecular formula is C18H17N3O3S. The van der Waals surface area contributed by atoms with E-state index in [4.69, 9.17) is 9.47 Å². The largest absolute Gasteiger partial charge is 0.493 e. The molecule has 0 saturated carbocycles. The molecule has 1 aliphatic heterocycles. The summed E-state index contributed by atoms with van der Waals surface area (Å²) in [6.45, 7) is 0.447. The van der Waals surface area contributed by atoms with E-state index in [1.165, 1.54) is 11.8 Å². The van der Waals surface area contributed by atoms with Crippen LogP contribution in [0, 0.1) is 0 Å². The fourth-order valence-electron chi connectivity index (χ4n) is 2.15. The Bertz CT molecular complexity index is 806. The van der Waals surface area contributed by atoms with E-state index >= 15 is 0 Å². The normalized spacial score (nSPS) is 15.6. The third-order valence-corrected chi connectivity index (χ3v) is 4.23. The maximum absolute atomic E-state index is 11.1. The number of carbonyl (C=O) groups is 1. The molecule has 2 aromatic rings. The van der Waals surface area contributed by atoms with Crippen molar-refractivity contribution in [2.24, 2.45) is 10.2 Å². The lowest BCUT2D eigenvalue weighted by Gasteiger charge is -2.11. The van der Waals surface area contributed by atoms with Gasteiger partial charge in [0.05, 0.1) is 19.1 Å². The minimum absolute atomic E-state index is 0.0556. The fraction of sp³-hybridized carbons (Fsp3) is 0.167. The van der Waals surface area contributed by atoms with Crippen molar-refractivity contribution < 1.29 is 14.3 Å². The van der Waals surface area contributed by atoms with Crippen molar-refractivity contribution in [1.29, 1.82) is 0 Å². The van der Waals surface area contributed by atoms with Crippen LogP contribution in [0.4, 0.5) is 0 Å². The molecule has 0 aliphatic carbocycles. The number of amidine groups is 1. The van der Waals surface area contributed by atoms with Crippen LogP contribution in [0.3, 0.4) is 0 Å². The van der Waals surface area contributed by atoms with Gasteiger partial charge < -0.3 is 14.8 Å². The monoisotopic (exact) mass is 355 g/mol. The van der Waals surface area contributed by atoms with Crippen molar-refractivity contribution in [2.75, 3.05) is 12.9 Å². The Kier molecular flexibility index (Phi) is 5.69. The summed E-state index contributed by atoms with van der Waals surface area (Å²) in [7, 11) is 1.60. The van der Waals surface area contributed by atoms with Crippen LogP contribution in [-0.4, -0.2) is 30.2 Å². The summed E-state index contributed by atoms with van der Waals surface area (Å²) in [5, 5.41) is 11.1. The molecule has 0 radical (unpaired) electrons. The Morgan fingerprint density at radius 2 is 2.04 bits per heavy atom. The molecule has 6 nitrogen and oxygen atoms in total. The number of amides is 1. The molecule has 1 aliphatic rings. The van der Waals surface area contributed by atoms with Crippen molar-refractivity contribution in [1.82, 2.24) is 5.32 Å². The molecular weight excluding hydrogens is 338 g/mol. The van der Waals surface area contributed by atoms with Gasteiger partial charge in [-0.15, -0.1) is 5.10 Å². The zero-order valence-corrected chi connectivity index (χ0v) is 14.5. The molecule has 1 saturated heterocycles. The van der Waals surface area contributed by atoms with Crippen molar-refractivity contribution in [2.45, 2.75) is 6.61 Å². The lowest BCUT2D eigenvalue weighted by molar-refractivity contribution is -0.116. The predicted octanol–water partition coefficient (Wildman–Crippen LogP) is 2.83. The molecule has 1 fully saturated rings. The average Bonchev–Trinajstić information content (AvgIpc) is 3.06. The number of hydrogen-bond donors (Lipinski definition) is 1. The fourth-order valence-corrected chi connectivity index (χ4v) is 2.78. The number of carbonyl (C=O) groups excluding carboxylic acids is 1. The standard InChI is InChI=1S/C18H17N3O3S/c1-23-15-8-7-14(10-19-21-18-20-17(22)12-25-18)9-16(15)24-11-13-5-3-2-4-6-13/h2-10H,11-12H2,1H3,(H,20,21,22). The number of hydrogen-bond acceptors (Lipinski definition) is 6. The Labute approximate surface area is 149 Å². The van der Waals surface area contributed by atoms with Crippen LogP contribution < -0.4 is 14.8 Å². The highest BCUT2D eigenvalue weighted by Crippen LogP contribution is 2.28. The summed E-state index contributed by atoms with van der Waals surface area (Å²) in [6, 6.07) is 15.4. The number of ether oxygens (including phenoxy) is 2. The van der Waals surface area contributed by atoms with E-state index in [-0.39, 0.29) is 5.91 Å². The van der Waals surface area contributed by atoms with E-state index in [0.29, 0.717) is 29.0 Å². The average molecular weight is 355 g/mol. The van der Waals surface area contributed by atoms with Crippen LogP contribution in [-0.2, 0) is 11.4 Å². The van der Waals surface area contributed by atoms with E-state index in [1.54, 1.807) is 13.3 Å². The van der Waals surface area contributed by atoms with Gasteiger partial charge in [0.1, 0.15) is 6.61 Å². The molecule has 7 heteroatoms. The molecule has 0 unspecified atom stereocenters. The van der Waals surface area contributed by atoms with Gasteiger partial charge in [0.15, 0.2) is 16.7 Å². The van der Waals surface area contributed by atoms with Crippen LogP contribution in [0.15, 0.2) is 58.7 Å². The minimum Gasteiger partial charge on any atom is -0.493 e. The second kappa shape index (κ2) is 8.34. The quantitative estimate of drug-likeness (QED) is 0.639. The molecule has 1 N–H and O–H groups in total. The summed E-state index contributed by atoms with van der Waals surface area (Å²) in [5.74, 6) is 1.61. The molecule has 0 atom stereocenters. The third-order valence-electron chi connectivity index (χ3n) is 3.37. The van der Waals surface area contributed by atoms with Gasteiger partial charge in [0.25, 0.3) is 0 Å². The minimum atomic E-state index is -0.0556. The van der Waals surface area contributed by atoms with E-state index in [9.17, 15) is 4.79 Å². The highest BCUT2D eigenvalue weighted by atomic mass is 32.2. The van der Waals surface area contributed by atoms with Crippen molar-refractivity contribution in [3.8, 4) is 11.5 Å². The maximum Gasteiger partial charge on any atom is 0.236 e. The molecule has 0 bridgehead atoms. The summed E-state index contributed by atoms with van der Waals surface area (Å²) in [4.78, 5) is 11.1. The van der Waals surface area contributed by atoms with Crippen LogP contribution in [0.5, 0.6) is 11.5 Å². The molecule has 0 spiro atoms. The van der Waals surface area contributed by atoms with Gasteiger partial charge in [-0.05, 0) is 29.3 Å². The van der Waals surface area contributed by atoms with E-state index < -0.39 is 0 Å². The number of nitrogens with one attached hydrogen (secondary N) is 1. The zero-order chi connectivity index (χ0) is 17.5. The molecule has 25 heavy (non-hydrogen) atoms. The molecule has 1 heterocycles. The van der Waals surface area contributed by atoms with Crippen molar-refractivity contribution in [3.63, 3.8) is 0 Å². The van der Waals surface area contributed by atoms with Gasteiger partial charge in [0, 0.05) is 0 Å². The highest BCUT2D eigenvalue weighted by Gasteiger charge is 2.15. The van der Waals surface area contributed by atoms with Gasteiger partial charge >= 0.3 is 0 Å². The van der Waals surface area contributed by atoms with Gasteiger partial charge in [0.2, 0.25) is 5.91 Å². The van der Waals surface area contributed by atoms with Gasteiger partial charge in [-0.25, -0.2) is 0 Å². The first-order chi connectivity index (χ1) is 12.2. The van der Waals surface area contributed by atoms with E-state index in [2.05, 4.69) is 15.5 Å². The summed E-state index contributed by atoms with van der Waals surface area (Å²) in [6.07, 6.45) is 1.60. The second-order valence-corrected chi connectivity index (χ2v) is 6.14. The van der Waals surface area contributed by atoms with Crippen molar-refractivity contribution >= 4 is 29.1 Å². The van der Waals surface area contributed by atoms with E-state index in [0.717, 1.165) is 11.1 Å². The van der Waals surface area contributed by atoms with Gasteiger partial charge in [-0.2, -0.15) is 5.10 Å². The SMILES string of the molecule is COc1ccc(C=NN=C2NC(=O)CS2)cc1OCc1ccccc1. The highest BCUT2D eigenvalue weighted by molar-refractivity contribution is 8.15. The topological polar surface area (TPSA) is 72.3 Å². The lowest BCUT2D eigenvalue weighted by Crippen LogP contribution is -2.19. The Morgan fingerprint density at radius 3 is 2.76 bits per heavy atom. The van der Waals surface area contributed by atoms with Crippen LogP contribution in [0.25, 0.3) is 0 Å². The first-order valence-electron chi connectivity index (χ1n) is 7.63. The predicted molar refractivity (Wildman–Crippen MR) is 99.4 cm³/mol. The van der Waals surface area contributed by atoms with Crippen LogP contribution in [0.2, 0.25) is 0 Å². The second-order valence-electron chi connectivity index (χ2n) is 5.17. The third kappa shape index (κ3) is 4.84. The van der Waals surface area contributed by atoms with Crippen LogP contribution >= 0.6 is 11.8 Å². The van der Waals surface area contributed by atoms with Gasteiger partial charge in [-0.3, -0.25) is 4.79 Å². The first-order valence-corrected chi connectivity index (χ1v) is 8.61. The summed E-state index contributed by atoms with van der Waals surface area (Å²) in [5.41, 5.74) is 1.89. The molecule has 128 valence electrons. The van der Waals surface area contributed by atoms with Gasteiger partial charge in [-0.1, -0.05) is 42.1 Å². The summed E-state index contributed by atoms with van der Waals surface area (Å²) >= 11 is 1.33. The first kappa shape index (κ1) is 17.0. The molecule has 1 amide bonds. The lowest BCUT2D eigenvalue weighted by atomic mass is 10.2. The molecule has 3 rings (SSSR count). The number of nitrogens with zero attached hydrogens (tertiary/aromatic N) is 2. The number of benzene rings is 2. The molecule has 2 aromatic carbocycles. The number of rotatable bonds is 6. The van der Waals surface area contributed by atoms with E-state index in [1.807, 2.05) is 48.5 Å². The van der Waals surface area contributed by atoms with Crippen LogP contribution in [0.1, 0.15) is 11.1 Å².